The number of carbonyl (C=O) groups excluding carboxylic acids is 2. The average molecular weight is 349 g/mol. The first-order valence-electron chi connectivity index (χ1n) is 6.21. The lowest BCUT2D eigenvalue weighted by molar-refractivity contribution is 0.0891. The number of phenols is 1. The molecule has 0 spiro atoms. The van der Waals surface area contributed by atoms with Crippen molar-refractivity contribution >= 4 is 27.5 Å². The van der Waals surface area contributed by atoms with Gasteiger partial charge in [0.05, 0.1) is 24.7 Å². The largest absolute Gasteiger partial charge is 0.507 e. The number of hydrogen-bond acceptors (Lipinski definition) is 4. The maximum atomic E-state index is 12.3. The minimum atomic E-state index is -0.430. The van der Waals surface area contributed by atoms with Crippen molar-refractivity contribution in [3.8, 4) is 11.5 Å². The summed E-state index contributed by atoms with van der Waals surface area (Å²) in [6.45, 7) is 0. The Kier molecular flexibility index (Phi) is 4.75. The molecule has 0 radical (unpaired) electrons. The molecule has 0 atom stereocenters. The fourth-order valence-corrected chi connectivity index (χ4v) is 2.30. The number of phenolic OH excluding ortho intramolecular Hbond substituents is 1. The highest BCUT2D eigenvalue weighted by atomic mass is 79.9. The Hall–Kier alpha value is -2.14. The predicted octanol–water partition coefficient (Wildman–Crippen LogP) is 3.62. The minimum absolute atomic E-state index is 0.128. The van der Waals surface area contributed by atoms with Crippen LogP contribution in [0.2, 0.25) is 0 Å². The number of carbonyl (C=O) groups is 2. The van der Waals surface area contributed by atoms with Crippen LogP contribution in [-0.2, 0) is 0 Å². The van der Waals surface area contributed by atoms with Gasteiger partial charge in [0.25, 0.3) is 0 Å². The van der Waals surface area contributed by atoms with Crippen LogP contribution in [0, 0.1) is 0 Å². The second kappa shape index (κ2) is 6.54. The van der Waals surface area contributed by atoms with Crippen molar-refractivity contribution in [2.75, 3.05) is 7.11 Å². The zero-order chi connectivity index (χ0) is 15.4. The van der Waals surface area contributed by atoms with E-state index >= 15 is 0 Å². The van der Waals surface area contributed by atoms with Crippen LogP contribution in [0.25, 0.3) is 0 Å². The number of methoxy groups -OCH3 is 1. The van der Waals surface area contributed by atoms with Crippen molar-refractivity contribution < 1.29 is 19.4 Å². The molecule has 0 saturated carbocycles. The highest BCUT2D eigenvalue weighted by molar-refractivity contribution is 9.10. The number of Topliss-reactive ketones (excluding diaryl/α,β-unsaturated/α-hetero) is 2. The molecule has 108 valence electrons. The summed E-state index contributed by atoms with van der Waals surface area (Å²) in [5, 5.41) is 9.64. The maximum absolute atomic E-state index is 12.3. The Morgan fingerprint density at radius 3 is 2.43 bits per heavy atom. The number of aromatic hydroxyl groups is 1. The summed E-state index contributed by atoms with van der Waals surface area (Å²) in [6, 6.07) is 11.2. The smallest absolute Gasteiger partial charge is 0.174 e. The average Bonchev–Trinajstić information content (AvgIpc) is 2.47. The molecule has 0 amide bonds. The van der Waals surface area contributed by atoms with Gasteiger partial charge in [0.15, 0.2) is 11.6 Å². The topological polar surface area (TPSA) is 63.6 Å². The fourth-order valence-electron chi connectivity index (χ4n) is 1.94. The second-order valence-electron chi connectivity index (χ2n) is 4.38. The number of rotatable bonds is 5. The predicted molar refractivity (Wildman–Crippen MR) is 82.1 cm³/mol. The van der Waals surface area contributed by atoms with Crippen molar-refractivity contribution in [1.82, 2.24) is 0 Å². The van der Waals surface area contributed by atoms with E-state index in [-0.39, 0.29) is 23.5 Å². The number of hydrogen-bond donors (Lipinski definition) is 1. The third kappa shape index (κ3) is 3.49. The Balaban J connectivity index is 2.24. The van der Waals surface area contributed by atoms with Crippen molar-refractivity contribution in [3.63, 3.8) is 0 Å². The molecule has 4 nitrogen and oxygen atoms in total. The first kappa shape index (κ1) is 15.3. The summed E-state index contributed by atoms with van der Waals surface area (Å²) in [5.74, 6) is -0.508. The summed E-state index contributed by atoms with van der Waals surface area (Å²) >= 11 is 3.28. The van der Waals surface area contributed by atoms with Gasteiger partial charge >= 0.3 is 0 Å². The number of para-hydroxylation sites is 1. The molecule has 2 aromatic rings. The first-order chi connectivity index (χ1) is 10.0. The number of benzene rings is 2. The Morgan fingerprint density at radius 2 is 1.76 bits per heavy atom. The maximum Gasteiger partial charge on any atom is 0.174 e. The molecule has 0 unspecified atom stereocenters. The molecule has 21 heavy (non-hydrogen) atoms. The van der Waals surface area contributed by atoms with E-state index in [9.17, 15) is 14.7 Å². The van der Waals surface area contributed by atoms with Crippen LogP contribution in [0.5, 0.6) is 11.5 Å². The third-order valence-electron chi connectivity index (χ3n) is 2.99. The normalized spacial score (nSPS) is 10.2. The van der Waals surface area contributed by atoms with E-state index in [0.717, 1.165) is 4.47 Å². The van der Waals surface area contributed by atoms with Crippen LogP contribution in [0.4, 0.5) is 0 Å². The van der Waals surface area contributed by atoms with E-state index in [0.29, 0.717) is 11.3 Å². The molecular formula is C16H13BrO4. The van der Waals surface area contributed by atoms with Gasteiger partial charge in [-0.25, -0.2) is 0 Å². The Labute approximate surface area is 130 Å². The third-order valence-corrected chi connectivity index (χ3v) is 3.48. The van der Waals surface area contributed by atoms with Gasteiger partial charge in [-0.05, 0) is 30.3 Å². The Bertz CT molecular complexity index is 694. The second-order valence-corrected chi connectivity index (χ2v) is 5.30. The lowest BCUT2D eigenvalue weighted by atomic mass is 10.0. The molecule has 0 saturated heterocycles. The van der Waals surface area contributed by atoms with Crippen molar-refractivity contribution in [3.05, 3.63) is 58.1 Å². The van der Waals surface area contributed by atoms with Crippen LogP contribution in [0.15, 0.2) is 46.9 Å². The molecule has 2 rings (SSSR count). The van der Waals surface area contributed by atoms with Gasteiger partial charge in [0.1, 0.15) is 11.5 Å². The Morgan fingerprint density at radius 1 is 1.10 bits per heavy atom. The van der Waals surface area contributed by atoms with Crippen LogP contribution >= 0.6 is 15.9 Å². The number of halogens is 1. The van der Waals surface area contributed by atoms with Crippen LogP contribution in [-0.4, -0.2) is 23.8 Å². The molecule has 5 heteroatoms. The molecular weight excluding hydrogens is 336 g/mol. The van der Waals surface area contributed by atoms with Crippen LogP contribution < -0.4 is 4.74 Å². The van der Waals surface area contributed by atoms with Crippen molar-refractivity contribution in [2.24, 2.45) is 0 Å². The summed E-state index contributed by atoms with van der Waals surface area (Å²) in [6.07, 6.45) is -0.329. The molecule has 0 heterocycles. The summed E-state index contributed by atoms with van der Waals surface area (Å²) < 4.78 is 5.85. The zero-order valence-corrected chi connectivity index (χ0v) is 12.9. The monoisotopic (exact) mass is 348 g/mol. The zero-order valence-electron chi connectivity index (χ0n) is 11.3. The van der Waals surface area contributed by atoms with E-state index in [4.69, 9.17) is 4.74 Å². The summed E-state index contributed by atoms with van der Waals surface area (Å²) in [4.78, 5) is 24.4. The molecule has 1 N–H and O–H groups in total. The van der Waals surface area contributed by atoms with Gasteiger partial charge in [-0.15, -0.1) is 0 Å². The molecule has 0 bridgehead atoms. The van der Waals surface area contributed by atoms with Gasteiger partial charge in [0.2, 0.25) is 0 Å². The number of ketones is 2. The molecule has 2 aromatic carbocycles. The lowest BCUT2D eigenvalue weighted by Gasteiger charge is -2.08. The molecule has 0 fully saturated rings. The van der Waals surface area contributed by atoms with Gasteiger partial charge in [-0.3, -0.25) is 9.59 Å². The van der Waals surface area contributed by atoms with E-state index in [1.54, 1.807) is 30.3 Å². The minimum Gasteiger partial charge on any atom is -0.507 e. The molecule has 0 aliphatic carbocycles. The summed E-state index contributed by atoms with van der Waals surface area (Å²) in [7, 11) is 1.46. The van der Waals surface area contributed by atoms with Gasteiger partial charge in [-0.1, -0.05) is 28.1 Å². The van der Waals surface area contributed by atoms with E-state index < -0.39 is 5.78 Å². The highest BCUT2D eigenvalue weighted by Gasteiger charge is 2.19. The SMILES string of the molecule is COc1ccc(Br)cc1C(=O)CC(=O)c1ccccc1O. The van der Waals surface area contributed by atoms with Crippen LogP contribution in [0.3, 0.4) is 0 Å². The number of ether oxygens (including phenoxy) is 1. The van der Waals surface area contributed by atoms with E-state index in [1.165, 1.54) is 19.2 Å². The molecule has 0 aliphatic rings. The fraction of sp³-hybridized carbons (Fsp3) is 0.125. The summed E-state index contributed by atoms with van der Waals surface area (Å²) in [5.41, 5.74) is 0.468. The van der Waals surface area contributed by atoms with E-state index in [2.05, 4.69) is 15.9 Å². The van der Waals surface area contributed by atoms with Gasteiger partial charge in [0, 0.05) is 4.47 Å². The van der Waals surface area contributed by atoms with E-state index in [1.807, 2.05) is 0 Å². The molecule has 0 aromatic heterocycles. The molecule has 0 aliphatic heterocycles. The highest BCUT2D eigenvalue weighted by Crippen LogP contribution is 2.25. The van der Waals surface area contributed by atoms with Gasteiger partial charge in [-0.2, -0.15) is 0 Å². The van der Waals surface area contributed by atoms with Crippen molar-refractivity contribution in [1.29, 1.82) is 0 Å². The lowest BCUT2D eigenvalue weighted by Crippen LogP contribution is -2.10. The van der Waals surface area contributed by atoms with Gasteiger partial charge < -0.3 is 9.84 Å². The van der Waals surface area contributed by atoms with Crippen LogP contribution in [0.1, 0.15) is 27.1 Å². The quantitative estimate of drug-likeness (QED) is 0.662. The van der Waals surface area contributed by atoms with Crippen molar-refractivity contribution in [2.45, 2.75) is 6.42 Å². The first-order valence-corrected chi connectivity index (χ1v) is 7.00. The standard InChI is InChI=1S/C16H13BrO4/c1-21-16-7-6-10(17)8-12(16)15(20)9-14(19)11-4-2-3-5-13(11)18/h2-8,18H,9H2,1H3.